The van der Waals surface area contributed by atoms with Crippen LogP contribution in [-0.2, 0) is 0 Å². The highest BCUT2D eigenvalue weighted by Crippen LogP contribution is 2.38. The van der Waals surface area contributed by atoms with Crippen LogP contribution >= 0.6 is 0 Å². The molecule has 1 aliphatic carbocycles. The molecule has 4 nitrogen and oxygen atoms in total. The van der Waals surface area contributed by atoms with Crippen LogP contribution < -0.4 is 5.32 Å². The van der Waals surface area contributed by atoms with Gasteiger partial charge in [0, 0.05) is 12.0 Å². The van der Waals surface area contributed by atoms with Crippen LogP contribution in [0.15, 0.2) is 4.52 Å². The molecule has 0 saturated heterocycles. The lowest BCUT2D eigenvalue weighted by molar-refractivity contribution is 0.319. The highest BCUT2D eigenvalue weighted by molar-refractivity contribution is 5.06. The van der Waals surface area contributed by atoms with Crippen molar-refractivity contribution in [3.8, 4) is 0 Å². The fraction of sp³-hybridized carbons (Fsp3) is 0.833. The van der Waals surface area contributed by atoms with Gasteiger partial charge in [-0.15, -0.1) is 0 Å². The molecule has 90 valence electrons. The van der Waals surface area contributed by atoms with Crippen molar-refractivity contribution >= 4 is 0 Å². The van der Waals surface area contributed by atoms with E-state index in [2.05, 4.69) is 36.2 Å². The van der Waals surface area contributed by atoms with Crippen molar-refractivity contribution in [3.63, 3.8) is 0 Å². The largest absolute Gasteiger partial charge is 0.339 e. The third-order valence-corrected chi connectivity index (χ3v) is 3.30. The standard InChI is InChI=1S/C12H21N3O/c1-4-10(13-5-2)8(3)12-14-11(15-16-12)9-6-7-9/h8-10,13H,4-7H2,1-3H3. The molecule has 2 rings (SSSR count). The molecule has 4 heteroatoms. The van der Waals surface area contributed by atoms with E-state index in [-0.39, 0.29) is 0 Å². The molecule has 1 saturated carbocycles. The van der Waals surface area contributed by atoms with Crippen molar-refractivity contribution in [1.82, 2.24) is 15.5 Å². The summed E-state index contributed by atoms with van der Waals surface area (Å²) in [6.07, 6.45) is 3.52. The number of nitrogens with zero attached hydrogens (tertiary/aromatic N) is 2. The zero-order chi connectivity index (χ0) is 11.5. The molecule has 0 amide bonds. The van der Waals surface area contributed by atoms with E-state index in [1.54, 1.807) is 0 Å². The summed E-state index contributed by atoms with van der Waals surface area (Å²) in [6.45, 7) is 7.44. The van der Waals surface area contributed by atoms with E-state index in [1.165, 1.54) is 12.8 Å². The summed E-state index contributed by atoms with van der Waals surface area (Å²) in [7, 11) is 0. The molecule has 1 N–H and O–H groups in total. The Bertz CT molecular complexity index is 333. The maximum Gasteiger partial charge on any atom is 0.231 e. The quantitative estimate of drug-likeness (QED) is 0.804. The average molecular weight is 223 g/mol. The number of aromatic nitrogens is 2. The van der Waals surface area contributed by atoms with Crippen LogP contribution in [-0.4, -0.2) is 22.7 Å². The predicted molar refractivity (Wildman–Crippen MR) is 62.4 cm³/mol. The SMILES string of the molecule is CCNC(CC)C(C)c1nc(C2CC2)no1. The van der Waals surface area contributed by atoms with E-state index < -0.39 is 0 Å². The molecule has 2 unspecified atom stereocenters. The Hall–Kier alpha value is -0.900. The Morgan fingerprint density at radius 3 is 2.75 bits per heavy atom. The molecular weight excluding hydrogens is 202 g/mol. The van der Waals surface area contributed by atoms with Gasteiger partial charge in [0.2, 0.25) is 5.89 Å². The number of nitrogens with one attached hydrogen (secondary N) is 1. The van der Waals surface area contributed by atoms with Gasteiger partial charge in [-0.25, -0.2) is 0 Å². The lowest BCUT2D eigenvalue weighted by Gasteiger charge is -2.20. The minimum Gasteiger partial charge on any atom is -0.339 e. The van der Waals surface area contributed by atoms with Crippen molar-refractivity contribution in [2.45, 2.75) is 57.9 Å². The molecule has 1 aromatic heterocycles. The van der Waals surface area contributed by atoms with Gasteiger partial charge in [-0.2, -0.15) is 4.98 Å². The van der Waals surface area contributed by atoms with Crippen LogP contribution in [0.2, 0.25) is 0 Å². The Morgan fingerprint density at radius 2 is 2.19 bits per heavy atom. The first-order valence-corrected chi connectivity index (χ1v) is 6.33. The fourth-order valence-electron chi connectivity index (χ4n) is 2.05. The lowest BCUT2D eigenvalue weighted by Crippen LogP contribution is -2.33. The first-order chi connectivity index (χ1) is 7.76. The summed E-state index contributed by atoms with van der Waals surface area (Å²) in [5.74, 6) is 2.57. The smallest absolute Gasteiger partial charge is 0.231 e. The summed E-state index contributed by atoms with van der Waals surface area (Å²) in [5, 5.41) is 7.52. The van der Waals surface area contributed by atoms with E-state index in [0.29, 0.717) is 17.9 Å². The topological polar surface area (TPSA) is 51.0 Å². The van der Waals surface area contributed by atoms with Gasteiger partial charge in [0.1, 0.15) is 0 Å². The molecule has 0 aromatic carbocycles. The maximum atomic E-state index is 5.36. The molecule has 16 heavy (non-hydrogen) atoms. The van der Waals surface area contributed by atoms with Gasteiger partial charge in [-0.3, -0.25) is 0 Å². The van der Waals surface area contributed by atoms with E-state index >= 15 is 0 Å². The van der Waals surface area contributed by atoms with Gasteiger partial charge < -0.3 is 9.84 Å². The third kappa shape index (κ3) is 2.43. The summed E-state index contributed by atoms with van der Waals surface area (Å²) in [4.78, 5) is 4.51. The average Bonchev–Trinajstić information content (AvgIpc) is 3.03. The second-order valence-electron chi connectivity index (χ2n) is 4.63. The van der Waals surface area contributed by atoms with Crippen LogP contribution in [0.4, 0.5) is 0 Å². The maximum absolute atomic E-state index is 5.36. The highest BCUT2D eigenvalue weighted by Gasteiger charge is 2.30. The third-order valence-electron chi connectivity index (χ3n) is 3.30. The Morgan fingerprint density at radius 1 is 1.44 bits per heavy atom. The van der Waals surface area contributed by atoms with Crippen molar-refractivity contribution in [1.29, 1.82) is 0 Å². The molecule has 2 atom stereocenters. The molecule has 1 aromatic rings. The van der Waals surface area contributed by atoms with Gasteiger partial charge in [-0.1, -0.05) is 25.9 Å². The zero-order valence-electron chi connectivity index (χ0n) is 10.4. The number of rotatable bonds is 6. The Labute approximate surface area is 96.8 Å². The minimum atomic E-state index is 0.296. The monoisotopic (exact) mass is 223 g/mol. The second-order valence-corrected chi connectivity index (χ2v) is 4.63. The van der Waals surface area contributed by atoms with E-state index in [9.17, 15) is 0 Å². The predicted octanol–water partition coefficient (Wildman–Crippen LogP) is 2.44. The molecule has 0 bridgehead atoms. The van der Waals surface area contributed by atoms with Crippen LogP contribution in [0.3, 0.4) is 0 Å². The lowest BCUT2D eigenvalue weighted by atomic mass is 9.99. The highest BCUT2D eigenvalue weighted by atomic mass is 16.5. The van der Waals surface area contributed by atoms with E-state index in [1.807, 2.05) is 0 Å². The van der Waals surface area contributed by atoms with Crippen molar-refractivity contribution in [2.24, 2.45) is 0 Å². The molecule has 0 aliphatic heterocycles. The minimum absolute atomic E-state index is 0.296. The fourth-order valence-corrected chi connectivity index (χ4v) is 2.05. The Kier molecular flexibility index (Phi) is 3.59. The summed E-state index contributed by atoms with van der Waals surface area (Å²) < 4.78 is 5.36. The first-order valence-electron chi connectivity index (χ1n) is 6.33. The van der Waals surface area contributed by atoms with Gasteiger partial charge in [-0.05, 0) is 25.8 Å². The summed E-state index contributed by atoms with van der Waals surface area (Å²) >= 11 is 0. The molecular formula is C12H21N3O. The molecule has 1 fully saturated rings. The number of likely N-dealkylation sites (N-methyl/N-ethyl adjacent to an activating group) is 1. The van der Waals surface area contributed by atoms with Gasteiger partial charge in [0.15, 0.2) is 5.82 Å². The molecule has 1 heterocycles. The van der Waals surface area contributed by atoms with Crippen LogP contribution in [0, 0.1) is 0 Å². The molecule has 1 aliphatic rings. The van der Waals surface area contributed by atoms with E-state index in [0.717, 1.165) is 24.7 Å². The van der Waals surface area contributed by atoms with Gasteiger partial charge >= 0.3 is 0 Å². The normalized spacial score (nSPS) is 19.7. The van der Waals surface area contributed by atoms with Crippen LogP contribution in [0.5, 0.6) is 0 Å². The van der Waals surface area contributed by atoms with Gasteiger partial charge in [0.05, 0.1) is 5.92 Å². The van der Waals surface area contributed by atoms with Crippen molar-refractivity contribution in [3.05, 3.63) is 11.7 Å². The zero-order valence-corrected chi connectivity index (χ0v) is 10.4. The first kappa shape index (κ1) is 11.6. The second kappa shape index (κ2) is 4.95. The number of hydrogen-bond donors (Lipinski definition) is 1. The summed E-state index contributed by atoms with van der Waals surface area (Å²) in [5.41, 5.74) is 0. The summed E-state index contributed by atoms with van der Waals surface area (Å²) in [6, 6.07) is 0.428. The molecule has 0 spiro atoms. The number of hydrogen-bond acceptors (Lipinski definition) is 4. The van der Waals surface area contributed by atoms with Crippen LogP contribution in [0.1, 0.15) is 63.6 Å². The molecule has 0 radical (unpaired) electrons. The van der Waals surface area contributed by atoms with Crippen molar-refractivity contribution in [2.75, 3.05) is 6.54 Å². The van der Waals surface area contributed by atoms with Crippen LogP contribution in [0.25, 0.3) is 0 Å². The Balaban J connectivity index is 2.02. The van der Waals surface area contributed by atoms with Gasteiger partial charge in [0.25, 0.3) is 0 Å². The van der Waals surface area contributed by atoms with Crippen molar-refractivity contribution < 1.29 is 4.52 Å². The van der Waals surface area contributed by atoms with E-state index in [4.69, 9.17) is 4.52 Å².